The average Bonchev–Trinajstić information content (AvgIpc) is 3.61. The number of alkyl halides is 2. The van der Waals surface area contributed by atoms with Gasteiger partial charge in [-0.1, -0.05) is 12.1 Å². The Balaban J connectivity index is 1.09. The quantitative estimate of drug-likeness (QED) is 0.255. The zero-order valence-corrected chi connectivity index (χ0v) is 26.7. The van der Waals surface area contributed by atoms with Crippen molar-refractivity contribution in [2.45, 2.75) is 76.3 Å². The van der Waals surface area contributed by atoms with E-state index in [0.29, 0.717) is 62.4 Å². The van der Waals surface area contributed by atoms with Crippen molar-refractivity contribution in [1.82, 2.24) is 23.9 Å². The van der Waals surface area contributed by atoms with Gasteiger partial charge in [0.15, 0.2) is 0 Å². The van der Waals surface area contributed by atoms with Crippen molar-refractivity contribution in [3.8, 4) is 0 Å². The zero-order valence-electron chi connectivity index (χ0n) is 26.7. The Morgan fingerprint density at radius 2 is 1.92 bits per heavy atom. The number of carbonyl (C=O) groups excluding carboxylic acids is 1. The van der Waals surface area contributed by atoms with Gasteiger partial charge in [0.1, 0.15) is 11.6 Å². The molecule has 5 heterocycles. The van der Waals surface area contributed by atoms with Crippen LogP contribution in [0.25, 0.3) is 10.9 Å². The van der Waals surface area contributed by atoms with Crippen molar-refractivity contribution in [1.29, 1.82) is 0 Å². The molecule has 1 amide bonds. The molecule has 14 heteroatoms. The van der Waals surface area contributed by atoms with Gasteiger partial charge in [0.05, 0.1) is 42.2 Å². The lowest BCUT2D eigenvalue weighted by atomic mass is 9.96. The van der Waals surface area contributed by atoms with Gasteiger partial charge >= 0.3 is 12.3 Å². The third kappa shape index (κ3) is 5.30. The van der Waals surface area contributed by atoms with E-state index >= 15 is 0 Å². The second-order valence-corrected chi connectivity index (χ2v) is 13.2. The fourth-order valence-corrected chi connectivity index (χ4v) is 7.56. The highest BCUT2D eigenvalue weighted by molar-refractivity contribution is 6.09. The van der Waals surface area contributed by atoms with Gasteiger partial charge in [0.25, 0.3) is 5.56 Å². The Labute approximate surface area is 274 Å². The second kappa shape index (κ2) is 11.9. The summed E-state index contributed by atoms with van der Waals surface area (Å²) in [4.78, 5) is 48.7. The van der Waals surface area contributed by atoms with Gasteiger partial charge in [-0.25, -0.2) is 14.5 Å². The molecule has 8 rings (SSSR count). The Kier molecular flexibility index (Phi) is 7.67. The van der Waals surface area contributed by atoms with Gasteiger partial charge < -0.3 is 19.3 Å². The molecule has 252 valence electrons. The van der Waals surface area contributed by atoms with E-state index in [-0.39, 0.29) is 35.7 Å². The highest BCUT2D eigenvalue weighted by Gasteiger charge is 2.58. The van der Waals surface area contributed by atoms with E-state index in [4.69, 9.17) is 9.72 Å². The first-order chi connectivity index (χ1) is 23.2. The topological polar surface area (TPSA) is 117 Å². The predicted molar refractivity (Wildman–Crippen MR) is 173 cm³/mol. The smallest absolute Gasteiger partial charge is 0.345 e. The molecule has 0 N–H and O–H groups in total. The summed E-state index contributed by atoms with van der Waals surface area (Å²) in [6, 6.07) is 11.6. The summed E-state index contributed by atoms with van der Waals surface area (Å²) >= 11 is 0. The predicted octanol–water partition coefficient (Wildman–Crippen LogP) is 2.64. The van der Waals surface area contributed by atoms with Crippen LogP contribution in [0, 0.1) is 0 Å². The number of anilines is 2. The minimum absolute atomic E-state index is 0.151. The van der Waals surface area contributed by atoms with Crippen molar-refractivity contribution in [2.75, 3.05) is 43.2 Å². The highest BCUT2D eigenvalue weighted by Crippen LogP contribution is 2.57. The first-order valence-corrected chi connectivity index (χ1v) is 16.6. The lowest BCUT2D eigenvalue weighted by Crippen LogP contribution is -2.44. The van der Waals surface area contributed by atoms with Crippen LogP contribution in [-0.4, -0.2) is 75.9 Å². The summed E-state index contributed by atoms with van der Waals surface area (Å²) in [5.74, 6) is 1.48. The number of hydrogen-bond donors (Lipinski definition) is 0. The number of carbonyl (C=O) groups is 1. The lowest BCUT2D eigenvalue weighted by molar-refractivity contribution is -0.155. The Morgan fingerprint density at radius 1 is 1.06 bits per heavy atom. The minimum Gasteiger partial charge on any atom is -0.372 e. The average molecular weight is 662 g/mol. The summed E-state index contributed by atoms with van der Waals surface area (Å²) in [7, 11) is 1.82. The van der Waals surface area contributed by atoms with Gasteiger partial charge in [-0.05, 0) is 61.1 Å². The van der Waals surface area contributed by atoms with Crippen LogP contribution in [0.15, 0.2) is 46.0 Å². The Bertz CT molecular complexity index is 2030. The fourth-order valence-electron chi connectivity index (χ4n) is 7.56. The molecule has 1 spiro atoms. The number of rotatable bonds is 10. The maximum atomic E-state index is 14.1. The Hall–Kier alpha value is -4.43. The van der Waals surface area contributed by atoms with Gasteiger partial charge in [-0.3, -0.25) is 18.7 Å². The monoisotopic (exact) mass is 661 g/mol. The molecule has 4 aliphatic rings. The first kappa shape index (κ1) is 30.9. The van der Waals surface area contributed by atoms with E-state index in [1.54, 1.807) is 20.1 Å². The molecule has 0 radical (unpaired) electrons. The zero-order chi connectivity index (χ0) is 33.2. The molecule has 3 aliphatic heterocycles. The van der Waals surface area contributed by atoms with E-state index in [0.717, 1.165) is 54.0 Å². The molecule has 12 nitrogen and oxygen atoms in total. The largest absolute Gasteiger partial charge is 0.372 e. The SMILES string of the molecule is CN1C(=O)C2(CC2)c2ccc(CCn3c(CCn4nc5n(c4=O)CCC5)nc4cc(N5CCO[C@@H](COC(F)F)C5)ccc4c3=O)cc21. The van der Waals surface area contributed by atoms with Crippen LogP contribution in [0.5, 0.6) is 0 Å². The van der Waals surface area contributed by atoms with Crippen molar-refractivity contribution in [2.24, 2.45) is 0 Å². The van der Waals surface area contributed by atoms with Gasteiger partial charge in [-0.2, -0.15) is 13.9 Å². The minimum atomic E-state index is -2.86. The molecule has 2 fully saturated rings. The molecule has 1 saturated carbocycles. The van der Waals surface area contributed by atoms with Crippen molar-refractivity contribution in [3.05, 3.63) is 80.0 Å². The normalized spacial score (nSPS) is 19.6. The van der Waals surface area contributed by atoms with Gasteiger partial charge in [0, 0.05) is 57.4 Å². The highest BCUT2D eigenvalue weighted by atomic mass is 19.3. The first-order valence-electron chi connectivity index (χ1n) is 16.6. The molecule has 1 aliphatic carbocycles. The molecular weight excluding hydrogens is 624 g/mol. The van der Waals surface area contributed by atoms with E-state index in [9.17, 15) is 23.2 Å². The van der Waals surface area contributed by atoms with E-state index < -0.39 is 12.7 Å². The van der Waals surface area contributed by atoms with Crippen LogP contribution in [0.3, 0.4) is 0 Å². The molecule has 1 atom stereocenters. The fraction of sp³-hybridized carbons (Fsp3) is 0.500. The number of nitrogens with zero attached hydrogens (tertiary/aromatic N) is 7. The molecular formula is C34H37F2N7O5. The van der Waals surface area contributed by atoms with Crippen LogP contribution in [0.1, 0.15) is 42.0 Å². The maximum absolute atomic E-state index is 14.1. The van der Waals surface area contributed by atoms with Gasteiger partial charge in [-0.15, -0.1) is 0 Å². The number of halogens is 2. The number of ether oxygens (including phenoxy) is 2. The van der Waals surface area contributed by atoms with E-state index in [2.05, 4.69) is 22.0 Å². The molecule has 1 saturated heterocycles. The van der Waals surface area contributed by atoms with Gasteiger partial charge in [0.2, 0.25) is 5.91 Å². The number of fused-ring (bicyclic) bond motifs is 4. The van der Waals surface area contributed by atoms with Crippen molar-refractivity contribution in [3.63, 3.8) is 0 Å². The molecule has 0 bridgehead atoms. The number of morpholine rings is 1. The number of amides is 1. The molecule has 2 aromatic carbocycles. The van der Waals surface area contributed by atoms with Crippen LogP contribution in [0.2, 0.25) is 0 Å². The standard InChI is InChI=1S/C34H37F2N7O5/c1-39-27-17-21(4-7-25(27)34(10-11-34)31(39)45)8-13-41-28(9-14-43-33(46)42-12-2-3-29(42)38-43)37-26-18-22(5-6-24(26)30(41)44)40-15-16-47-23(19-40)20-48-32(35)36/h4-7,17-18,23,32H,2-3,8-16,19-20H2,1H3/t23-/m1/s1. The van der Waals surface area contributed by atoms with Crippen molar-refractivity contribution < 1.29 is 23.0 Å². The number of hydrogen-bond acceptors (Lipinski definition) is 8. The van der Waals surface area contributed by atoms with Crippen LogP contribution < -0.4 is 21.0 Å². The van der Waals surface area contributed by atoms with Crippen LogP contribution in [-0.2, 0) is 58.6 Å². The summed E-state index contributed by atoms with van der Waals surface area (Å²) in [5, 5.41) is 4.99. The van der Waals surface area contributed by atoms with Crippen LogP contribution in [0.4, 0.5) is 20.2 Å². The van der Waals surface area contributed by atoms with E-state index in [1.807, 2.05) is 30.1 Å². The number of benzene rings is 2. The molecule has 4 aromatic rings. The second-order valence-electron chi connectivity index (χ2n) is 13.2. The van der Waals surface area contributed by atoms with Crippen molar-refractivity contribution >= 4 is 28.2 Å². The summed E-state index contributed by atoms with van der Waals surface area (Å²) in [6.45, 7) is -0.512. The number of aromatic nitrogens is 5. The summed E-state index contributed by atoms with van der Waals surface area (Å²) in [6.07, 6.45) is 3.80. The molecule has 48 heavy (non-hydrogen) atoms. The van der Waals surface area contributed by atoms with E-state index in [1.165, 1.54) is 4.68 Å². The van der Waals surface area contributed by atoms with Crippen LogP contribution >= 0.6 is 0 Å². The number of aryl methyl sites for hydroxylation is 4. The Morgan fingerprint density at radius 3 is 2.71 bits per heavy atom. The molecule has 2 aromatic heterocycles. The summed E-state index contributed by atoms with van der Waals surface area (Å²) < 4.78 is 40.2. The third-order valence-electron chi connectivity index (χ3n) is 10.3. The summed E-state index contributed by atoms with van der Waals surface area (Å²) in [5.41, 5.74) is 3.67. The molecule has 0 unspecified atom stereocenters. The lowest BCUT2D eigenvalue weighted by Gasteiger charge is -2.34. The number of likely N-dealkylation sites (N-methyl/N-ethyl adjacent to an activating group) is 1. The maximum Gasteiger partial charge on any atom is 0.345 e. The third-order valence-corrected chi connectivity index (χ3v) is 10.3.